The van der Waals surface area contributed by atoms with Gasteiger partial charge >= 0.3 is 0 Å². The van der Waals surface area contributed by atoms with E-state index in [0.29, 0.717) is 11.5 Å². The first kappa shape index (κ1) is 12.2. The standard InChI is InChI=1S/C14H23N3/c1-14(2)6-4-11(5-7-14)17-13-8-12(15-3)9-16-10-13/h8-11,15,17H,4-7H2,1-3H3. The minimum atomic E-state index is 0.531. The van der Waals surface area contributed by atoms with Crippen molar-refractivity contribution < 1.29 is 0 Å². The Morgan fingerprint density at radius 2 is 1.82 bits per heavy atom. The normalized spacial score (nSPS) is 19.9. The third-order valence-electron chi connectivity index (χ3n) is 3.74. The predicted octanol–water partition coefficient (Wildman–Crippen LogP) is 3.50. The maximum Gasteiger partial charge on any atom is 0.0549 e. The molecule has 0 aliphatic heterocycles. The molecule has 1 aromatic rings. The Labute approximate surface area is 104 Å². The fourth-order valence-corrected chi connectivity index (χ4v) is 2.43. The van der Waals surface area contributed by atoms with Crippen molar-refractivity contribution >= 4 is 11.4 Å². The molecule has 2 rings (SSSR count). The Bertz CT molecular complexity index is 363. The van der Waals surface area contributed by atoms with Crippen molar-refractivity contribution in [2.24, 2.45) is 5.41 Å². The monoisotopic (exact) mass is 233 g/mol. The summed E-state index contributed by atoms with van der Waals surface area (Å²) >= 11 is 0. The van der Waals surface area contributed by atoms with Crippen LogP contribution in [0.4, 0.5) is 11.4 Å². The van der Waals surface area contributed by atoms with Crippen LogP contribution in [0.15, 0.2) is 18.5 Å². The minimum absolute atomic E-state index is 0.531. The molecule has 1 fully saturated rings. The number of nitrogens with zero attached hydrogens (tertiary/aromatic N) is 1. The van der Waals surface area contributed by atoms with Crippen molar-refractivity contribution in [1.29, 1.82) is 0 Å². The summed E-state index contributed by atoms with van der Waals surface area (Å²) in [6.45, 7) is 4.73. The van der Waals surface area contributed by atoms with Gasteiger partial charge in [-0.25, -0.2) is 0 Å². The Balaban J connectivity index is 1.93. The van der Waals surface area contributed by atoms with Crippen LogP contribution in [0.5, 0.6) is 0 Å². The molecule has 17 heavy (non-hydrogen) atoms. The first-order valence-corrected chi connectivity index (χ1v) is 6.48. The average Bonchev–Trinajstić information content (AvgIpc) is 2.32. The maximum atomic E-state index is 4.22. The molecule has 1 aliphatic carbocycles. The highest BCUT2D eigenvalue weighted by molar-refractivity contribution is 5.54. The lowest BCUT2D eigenvalue weighted by Gasteiger charge is -2.35. The van der Waals surface area contributed by atoms with Gasteiger partial charge in [-0.2, -0.15) is 0 Å². The third-order valence-corrected chi connectivity index (χ3v) is 3.74. The molecule has 0 radical (unpaired) electrons. The third kappa shape index (κ3) is 3.35. The molecule has 0 spiro atoms. The number of hydrogen-bond acceptors (Lipinski definition) is 3. The highest BCUT2D eigenvalue weighted by Crippen LogP contribution is 2.36. The molecule has 0 amide bonds. The van der Waals surface area contributed by atoms with Gasteiger partial charge in [-0.15, -0.1) is 0 Å². The lowest BCUT2D eigenvalue weighted by molar-refractivity contribution is 0.232. The summed E-state index contributed by atoms with van der Waals surface area (Å²) in [5, 5.41) is 6.71. The van der Waals surface area contributed by atoms with Crippen LogP contribution in [0, 0.1) is 5.41 Å². The molecule has 1 saturated carbocycles. The number of anilines is 2. The zero-order chi connectivity index (χ0) is 12.3. The van der Waals surface area contributed by atoms with Crippen molar-refractivity contribution in [2.45, 2.75) is 45.6 Å². The fourth-order valence-electron chi connectivity index (χ4n) is 2.43. The van der Waals surface area contributed by atoms with Crippen LogP contribution in [0.3, 0.4) is 0 Å². The lowest BCUT2D eigenvalue weighted by atomic mass is 9.75. The quantitative estimate of drug-likeness (QED) is 0.839. The van der Waals surface area contributed by atoms with E-state index in [4.69, 9.17) is 0 Å². The zero-order valence-corrected chi connectivity index (χ0v) is 11.1. The van der Waals surface area contributed by atoms with Gasteiger partial charge in [0.25, 0.3) is 0 Å². The van der Waals surface area contributed by atoms with E-state index in [9.17, 15) is 0 Å². The summed E-state index contributed by atoms with van der Waals surface area (Å²) < 4.78 is 0. The summed E-state index contributed by atoms with van der Waals surface area (Å²) in [7, 11) is 1.92. The van der Waals surface area contributed by atoms with Gasteiger partial charge in [0.2, 0.25) is 0 Å². The maximum absolute atomic E-state index is 4.22. The van der Waals surface area contributed by atoms with Crippen LogP contribution in [0.25, 0.3) is 0 Å². The van der Waals surface area contributed by atoms with E-state index < -0.39 is 0 Å². The van der Waals surface area contributed by atoms with Crippen molar-refractivity contribution in [3.8, 4) is 0 Å². The summed E-state index contributed by atoms with van der Waals surface area (Å²) in [5.41, 5.74) is 2.72. The number of hydrogen-bond donors (Lipinski definition) is 2. The molecule has 0 aromatic carbocycles. The number of aromatic nitrogens is 1. The van der Waals surface area contributed by atoms with Crippen molar-refractivity contribution in [3.05, 3.63) is 18.5 Å². The second-order valence-corrected chi connectivity index (χ2v) is 5.80. The van der Waals surface area contributed by atoms with Crippen molar-refractivity contribution in [1.82, 2.24) is 4.98 Å². The number of nitrogens with one attached hydrogen (secondary N) is 2. The molecule has 1 heterocycles. The molecule has 1 aromatic heterocycles. The van der Waals surface area contributed by atoms with Gasteiger partial charge in [-0.3, -0.25) is 4.98 Å². The molecule has 0 saturated heterocycles. The molecule has 0 bridgehead atoms. The Morgan fingerprint density at radius 1 is 1.18 bits per heavy atom. The molecular formula is C14H23N3. The van der Waals surface area contributed by atoms with Gasteiger partial charge in [0.05, 0.1) is 23.8 Å². The van der Waals surface area contributed by atoms with E-state index in [-0.39, 0.29) is 0 Å². The molecule has 94 valence electrons. The van der Waals surface area contributed by atoms with E-state index in [1.807, 2.05) is 19.4 Å². The molecule has 3 heteroatoms. The SMILES string of the molecule is CNc1cncc(NC2CCC(C)(C)CC2)c1. The first-order valence-electron chi connectivity index (χ1n) is 6.48. The van der Waals surface area contributed by atoms with Crippen LogP contribution < -0.4 is 10.6 Å². The topological polar surface area (TPSA) is 37.0 Å². The first-order chi connectivity index (χ1) is 8.09. The van der Waals surface area contributed by atoms with Crippen LogP contribution in [-0.4, -0.2) is 18.1 Å². The van der Waals surface area contributed by atoms with E-state index in [0.717, 1.165) is 11.4 Å². The molecule has 3 nitrogen and oxygen atoms in total. The lowest BCUT2D eigenvalue weighted by Crippen LogP contribution is -2.29. The van der Waals surface area contributed by atoms with E-state index in [1.165, 1.54) is 25.7 Å². The van der Waals surface area contributed by atoms with Gasteiger partial charge < -0.3 is 10.6 Å². The summed E-state index contributed by atoms with van der Waals surface area (Å²) in [5.74, 6) is 0. The summed E-state index contributed by atoms with van der Waals surface area (Å²) in [6.07, 6.45) is 8.89. The minimum Gasteiger partial charge on any atom is -0.387 e. The van der Waals surface area contributed by atoms with Gasteiger partial charge in [0.1, 0.15) is 0 Å². The van der Waals surface area contributed by atoms with E-state index in [2.05, 4.69) is 35.5 Å². The molecule has 0 unspecified atom stereocenters. The highest BCUT2D eigenvalue weighted by atomic mass is 14.9. The van der Waals surface area contributed by atoms with Gasteiger partial charge in [-0.1, -0.05) is 13.8 Å². The number of pyridine rings is 1. The largest absolute Gasteiger partial charge is 0.387 e. The smallest absolute Gasteiger partial charge is 0.0549 e. The Hall–Kier alpha value is -1.25. The predicted molar refractivity (Wildman–Crippen MR) is 73.4 cm³/mol. The van der Waals surface area contributed by atoms with Crippen LogP contribution in [0.2, 0.25) is 0 Å². The van der Waals surface area contributed by atoms with Crippen molar-refractivity contribution in [3.63, 3.8) is 0 Å². The van der Waals surface area contributed by atoms with Crippen LogP contribution in [0.1, 0.15) is 39.5 Å². The van der Waals surface area contributed by atoms with Gasteiger partial charge in [0.15, 0.2) is 0 Å². The fraction of sp³-hybridized carbons (Fsp3) is 0.643. The van der Waals surface area contributed by atoms with Gasteiger partial charge in [-0.05, 0) is 37.2 Å². The number of rotatable bonds is 3. The van der Waals surface area contributed by atoms with Crippen LogP contribution >= 0.6 is 0 Å². The van der Waals surface area contributed by atoms with Gasteiger partial charge in [0, 0.05) is 13.1 Å². The Kier molecular flexibility index (Phi) is 3.55. The van der Waals surface area contributed by atoms with E-state index in [1.54, 1.807) is 0 Å². The average molecular weight is 233 g/mol. The Morgan fingerprint density at radius 3 is 2.47 bits per heavy atom. The van der Waals surface area contributed by atoms with Crippen molar-refractivity contribution in [2.75, 3.05) is 17.7 Å². The molecule has 0 atom stereocenters. The highest BCUT2D eigenvalue weighted by Gasteiger charge is 2.26. The summed E-state index contributed by atoms with van der Waals surface area (Å²) in [4.78, 5) is 4.22. The molecule has 1 aliphatic rings. The van der Waals surface area contributed by atoms with E-state index >= 15 is 0 Å². The van der Waals surface area contributed by atoms with Crippen LogP contribution in [-0.2, 0) is 0 Å². The molecule has 2 N–H and O–H groups in total. The molecular weight excluding hydrogens is 210 g/mol. The zero-order valence-electron chi connectivity index (χ0n) is 11.1. The second-order valence-electron chi connectivity index (χ2n) is 5.80. The second kappa shape index (κ2) is 4.94. The summed E-state index contributed by atoms with van der Waals surface area (Å²) in [6, 6.07) is 2.73.